The van der Waals surface area contributed by atoms with Gasteiger partial charge in [0.15, 0.2) is 5.58 Å². The van der Waals surface area contributed by atoms with Gasteiger partial charge >= 0.3 is 0 Å². The lowest BCUT2D eigenvalue weighted by atomic mass is 10.0. The van der Waals surface area contributed by atoms with Crippen LogP contribution in [0, 0.1) is 12.3 Å². The zero-order valence-corrected chi connectivity index (χ0v) is 11.6. The second-order valence-electron chi connectivity index (χ2n) is 5.03. The lowest BCUT2D eigenvalue weighted by Crippen LogP contribution is -1.79. The van der Waals surface area contributed by atoms with Gasteiger partial charge in [-0.15, -0.1) is 6.42 Å². The summed E-state index contributed by atoms with van der Waals surface area (Å²) >= 11 is 0. The summed E-state index contributed by atoms with van der Waals surface area (Å²) in [7, 11) is 0. The molecule has 4 aromatic rings. The van der Waals surface area contributed by atoms with Crippen molar-refractivity contribution in [2.45, 2.75) is 0 Å². The van der Waals surface area contributed by atoms with Gasteiger partial charge in [-0.3, -0.25) is 0 Å². The fraction of sp³-hybridized carbons (Fsp3) is 0. The smallest absolute Gasteiger partial charge is 0.231 e. The summed E-state index contributed by atoms with van der Waals surface area (Å²) in [5.74, 6) is 3.22. The Morgan fingerprint density at radius 1 is 1.05 bits per heavy atom. The summed E-state index contributed by atoms with van der Waals surface area (Å²) in [6, 6.07) is 16.6. The summed E-state index contributed by atoms with van der Waals surface area (Å²) in [5.41, 5.74) is 2.77. The third kappa shape index (κ3) is 1.82. The van der Waals surface area contributed by atoms with E-state index >= 15 is 0 Å². The molecule has 0 fully saturated rings. The molecular formula is C19H11NO2. The number of phenols is 1. The van der Waals surface area contributed by atoms with Gasteiger partial charge in [0.1, 0.15) is 11.3 Å². The first kappa shape index (κ1) is 12.5. The van der Waals surface area contributed by atoms with E-state index in [1.54, 1.807) is 18.2 Å². The van der Waals surface area contributed by atoms with Crippen LogP contribution in [0.25, 0.3) is 33.3 Å². The fourth-order valence-electron chi connectivity index (χ4n) is 2.59. The number of rotatable bonds is 1. The molecule has 1 heterocycles. The van der Waals surface area contributed by atoms with E-state index in [9.17, 15) is 5.11 Å². The number of hydrogen-bond acceptors (Lipinski definition) is 3. The standard InChI is InChI=1S/C19H11NO2/c1-2-12-6-5-7-13-10-16-18(11-15(12)13)22-19(20-16)14-8-3-4-9-17(14)21/h1,3-11,21H. The van der Waals surface area contributed by atoms with Crippen molar-refractivity contribution < 1.29 is 9.52 Å². The molecule has 3 aromatic carbocycles. The lowest BCUT2D eigenvalue weighted by molar-refractivity contribution is 0.474. The van der Waals surface area contributed by atoms with Crippen LogP contribution in [0.3, 0.4) is 0 Å². The van der Waals surface area contributed by atoms with Crippen LogP contribution < -0.4 is 0 Å². The lowest BCUT2D eigenvalue weighted by Gasteiger charge is -1.99. The Bertz CT molecular complexity index is 1050. The normalized spacial score (nSPS) is 10.9. The van der Waals surface area contributed by atoms with Gasteiger partial charge < -0.3 is 9.52 Å². The molecule has 0 saturated carbocycles. The van der Waals surface area contributed by atoms with Crippen molar-refractivity contribution in [3.8, 4) is 29.5 Å². The van der Waals surface area contributed by atoms with E-state index in [4.69, 9.17) is 10.8 Å². The molecule has 104 valence electrons. The third-order valence-electron chi connectivity index (χ3n) is 3.68. The number of para-hydroxylation sites is 1. The number of aromatic hydroxyl groups is 1. The number of phenolic OH excluding ortho intramolecular Hbond substituents is 1. The number of fused-ring (bicyclic) bond motifs is 2. The van der Waals surface area contributed by atoms with E-state index in [1.165, 1.54) is 0 Å². The average molecular weight is 285 g/mol. The molecule has 0 spiro atoms. The largest absolute Gasteiger partial charge is 0.507 e. The Morgan fingerprint density at radius 2 is 1.91 bits per heavy atom. The SMILES string of the molecule is C#Cc1cccc2cc3nc(-c4ccccc4O)oc3cc12. The van der Waals surface area contributed by atoms with E-state index in [2.05, 4.69) is 10.9 Å². The van der Waals surface area contributed by atoms with Gasteiger partial charge in [-0.25, -0.2) is 4.98 Å². The van der Waals surface area contributed by atoms with Gasteiger partial charge in [-0.05, 0) is 35.7 Å². The predicted molar refractivity (Wildman–Crippen MR) is 86.6 cm³/mol. The van der Waals surface area contributed by atoms with Gasteiger partial charge in [0.25, 0.3) is 0 Å². The number of aromatic nitrogens is 1. The molecule has 0 amide bonds. The van der Waals surface area contributed by atoms with Gasteiger partial charge in [0.2, 0.25) is 5.89 Å². The zero-order chi connectivity index (χ0) is 15.1. The Morgan fingerprint density at radius 3 is 2.73 bits per heavy atom. The molecule has 0 aliphatic heterocycles. The predicted octanol–water partition coefficient (Wildman–Crippen LogP) is 4.33. The highest BCUT2D eigenvalue weighted by Crippen LogP contribution is 2.32. The molecule has 22 heavy (non-hydrogen) atoms. The van der Waals surface area contributed by atoms with Crippen LogP contribution in [0.1, 0.15) is 5.56 Å². The molecule has 0 aliphatic rings. The molecule has 1 aromatic heterocycles. The van der Waals surface area contributed by atoms with E-state index in [-0.39, 0.29) is 5.75 Å². The van der Waals surface area contributed by atoms with Crippen molar-refractivity contribution in [3.63, 3.8) is 0 Å². The monoisotopic (exact) mass is 285 g/mol. The summed E-state index contributed by atoms with van der Waals surface area (Å²) in [4.78, 5) is 4.47. The molecule has 0 unspecified atom stereocenters. The van der Waals surface area contributed by atoms with Crippen LogP contribution in [-0.2, 0) is 0 Å². The molecular weight excluding hydrogens is 274 g/mol. The van der Waals surface area contributed by atoms with Crippen molar-refractivity contribution in [3.05, 3.63) is 60.2 Å². The minimum Gasteiger partial charge on any atom is -0.507 e. The van der Waals surface area contributed by atoms with E-state index in [1.807, 2.05) is 36.4 Å². The molecule has 0 bridgehead atoms. The van der Waals surface area contributed by atoms with Crippen LogP contribution in [0.5, 0.6) is 5.75 Å². The quantitative estimate of drug-likeness (QED) is 0.529. The summed E-state index contributed by atoms with van der Waals surface area (Å²) < 4.78 is 5.80. The second-order valence-corrected chi connectivity index (χ2v) is 5.03. The van der Waals surface area contributed by atoms with Crippen molar-refractivity contribution in [1.29, 1.82) is 0 Å². The first-order valence-corrected chi connectivity index (χ1v) is 6.84. The molecule has 0 saturated heterocycles. The number of oxazole rings is 1. The first-order chi connectivity index (χ1) is 10.8. The van der Waals surface area contributed by atoms with Gasteiger partial charge in [0, 0.05) is 10.9 Å². The zero-order valence-electron chi connectivity index (χ0n) is 11.6. The topological polar surface area (TPSA) is 46.3 Å². The Labute approximate surface area is 126 Å². The van der Waals surface area contributed by atoms with Crippen LogP contribution in [-0.4, -0.2) is 10.1 Å². The highest BCUT2D eigenvalue weighted by Gasteiger charge is 2.13. The Balaban J connectivity index is 2.01. The van der Waals surface area contributed by atoms with Crippen LogP contribution in [0.4, 0.5) is 0 Å². The van der Waals surface area contributed by atoms with Crippen LogP contribution >= 0.6 is 0 Å². The van der Waals surface area contributed by atoms with E-state index in [0.717, 1.165) is 21.9 Å². The maximum Gasteiger partial charge on any atom is 0.231 e. The first-order valence-electron chi connectivity index (χ1n) is 6.84. The summed E-state index contributed by atoms with van der Waals surface area (Å²) in [5, 5.41) is 11.9. The fourth-order valence-corrected chi connectivity index (χ4v) is 2.59. The summed E-state index contributed by atoms with van der Waals surface area (Å²) in [6.07, 6.45) is 5.55. The maximum absolute atomic E-state index is 9.93. The van der Waals surface area contributed by atoms with Crippen LogP contribution in [0.2, 0.25) is 0 Å². The highest BCUT2D eigenvalue weighted by molar-refractivity contribution is 5.98. The van der Waals surface area contributed by atoms with Gasteiger partial charge in [-0.2, -0.15) is 0 Å². The minimum absolute atomic E-state index is 0.142. The molecule has 0 aliphatic carbocycles. The van der Waals surface area contributed by atoms with Crippen molar-refractivity contribution in [2.75, 3.05) is 0 Å². The molecule has 3 heteroatoms. The average Bonchev–Trinajstić information content (AvgIpc) is 2.95. The van der Waals surface area contributed by atoms with Crippen molar-refractivity contribution >= 4 is 21.9 Å². The number of benzene rings is 3. The van der Waals surface area contributed by atoms with Crippen LogP contribution in [0.15, 0.2) is 59.0 Å². The van der Waals surface area contributed by atoms with Crippen molar-refractivity contribution in [2.24, 2.45) is 0 Å². The Kier molecular flexibility index (Phi) is 2.64. The number of hydrogen-bond donors (Lipinski definition) is 1. The number of nitrogens with zero attached hydrogens (tertiary/aromatic N) is 1. The molecule has 0 radical (unpaired) electrons. The Hall–Kier alpha value is -3.25. The second kappa shape index (κ2) is 4.64. The third-order valence-corrected chi connectivity index (χ3v) is 3.68. The number of terminal acetylenes is 1. The van der Waals surface area contributed by atoms with Gasteiger partial charge in [0.05, 0.1) is 5.56 Å². The van der Waals surface area contributed by atoms with Crippen molar-refractivity contribution in [1.82, 2.24) is 4.98 Å². The summed E-state index contributed by atoms with van der Waals surface area (Å²) in [6.45, 7) is 0. The van der Waals surface area contributed by atoms with E-state index < -0.39 is 0 Å². The molecule has 0 atom stereocenters. The molecule has 1 N–H and O–H groups in total. The van der Waals surface area contributed by atoms with Gasteiger partial charge in [-0.1, -0.05) is 30.2 Å². The highest BCUT2D eigenvalue weighted by atomic mass is 16.3. The molecule has 4 rings (SSSR count). The minimum atomic E-state index is 0.142. The van der Waals surface area contributed by atoms with E-state index in [0.29, 0.717) is 17.0 Å². The molecule has 3 nitrogen and oxygen atoms in total. The maximum atomic E-state index is 9.93.